The summed E-state index contributed by atoms with van der Waals surface area (Å²) in [4.78, 5) is 0. The van der Waals surface area contributed by atoms with Gasteiger partial charge in [-0.3, -0.25) is 0 Å². The first-order valence-electron chi connectivity index (χ1n) is 3.31. The van der Waals surface area contributed by atoms with E-state index in [1.807, 2.05) is 12.1 Å². The van der Waals surface area contributed by atoms with Crippen LogP contribution in [0.1, 0.15) is 0 Å². The van der Waals surface area contributed by atoms with Gasteiger partial charge in [0.2, 0.25) is 0 Å². The lowest BCUT2D eigenvalue weighted by Crippen LogP contribution is -1.78. The zero-order chi connectivity index (χ0) is 8.39. The third kappa shape index (κ3) is 1.18. The molecule has 0 aliphatic rings. The van der Waals surface area contributed by atoms with Crippen molar-refractivity contribution in [3.8, 4) is 16.0 Å². The van der Waals surface area contributed by atoms with Gasteiger partial charge in [0.05, 0.1) is 13.4 Å². The molecule has 0 fully saturated rings. The predicted molar refractivity (Wildman–Crippen MR) is 44.2 cm³/mol. The molecule has 0 unspecified atom stereocenters. The third-order valence-electron chi connectivity index (χ3n) is 1.31. The van der Waals surface area contributed by atoms with Crippen LogP contribution in [0.15, 0.2) is 22.8 Å². The highest BCUT2D eigenvalue weighted by Gasteiger charge is 2.07. The van der Waals surface area contributed by atoms with Crippen molar-refractivity contribution in [2.45, 2.75) is 0 Å². The van der Waals surface area contributed by atoms with Crippen molar-refractivity contribution in [3.05, 3.63) is 18.4 Å². The minimum Gasteiger partial charge on any atom is -0.472 e. The molecule has 12 heavy (non-hydrogen) atoms. The lowest BCUT2D eigenvalue weighted by Gasteiger charge is -1.85. The Morgan fingerprint density at radius 3 is 3.00 bits per heavy atom. The van der Waals surface area contributed by atoms with Gasteiger partial charge in [0.25, 0.3) is 5.19 Å². The highest BCUT2D eigenvalue weighted by molar-refractivity contribution is 7.16. The number of ether oxygens (including phenoxy) is 1. The molecule has 0 bridgehead atoms. The molecule has 0 spiro atoms. The van der Waals surface area contributed by atoms with Crippen molar-refractivity contribution in [2.24, 2.45) is 0 Å². The van der Waals surface area contributed by atoms with Gasteiger partial charge in [0.15, 0.2) is 10.8 Å². The fourth-order valence-electron chi connectivity index (χ4n) is 0.792. The van der Waals surface area contributed by atoms with Crippen LogP contribution in [0.4, 0.5) is 0 Å². The SMILES string of the molecule is COc1nnc(-c2ccco2)s1. The number of furan rings is 1. The van der Waals surface area contributed by atoms with Gasteiger partial charge in [-0.15, -0.1) is 5.10 Å². The second-order valence-electron chi connectivity index (χ2n) is 2.05. The Labute approximate surface area is 72.8 Å². The molecular formula is C7H6N2O2S. The molecule has 2 heterocycles. The average Bonchev–Trinajstić information content (AvgIpc) is 2.75. The number of nitrogens with zero attached hydrogens (tertiary/aromatic N) is 2. The van der Waals surface area contributed by atoms with Crippen LogP contribution in [0.5, 0.6) is 5.19 Å². The molecule has 0 saturated carbocycles. The first-order chi connectivity index (χ1) is 5.90. The van der Waals surface area contributed by atoms with E-state index in [2.05, 4.69) is 10.2 Å². The van der Waals surface area contributed by atoms with Crippen LogP contribution in [0, 0.1) is 0 Å². The monoisotopic (exact) mass is 182 g/mol. The second-order valence-corrected chi connectivity index (χ2v) is 2.99. The maximum Gasteiger partial charge on any atom is 0.294 e. The van der Waals surface area contributed by atoms with E-state index in [0.717, 1.165) is 10.8 Å². The molecule has 0 amide bonds. The van der Waals surface area contributed by atoms with Crippen LogP contribution in [-0.2, 0) is 0 Å². The Hall–Kier alpha value is -1.36. The smallest absolute Gasteiger partial charge is 0.294 e. The molecule has 62 valence electrons. The van der Waals surface area contributed by atoms with Crippen LogP contribution in [0.3, 0.4) is 0 Å². The minimum absolute atomic E-state index is 0.543. The Morgan fingerprint density at radius 2 is 2.42 bits per heavy atom. The van der Waals surface area contributed by atoms with Crippen LogP contribution in [0.25, 0.3) is 10.8 Å². The fraction of sp³-hybridized carbons (Fsp3) is 0.143. The maximum atomic E-state index is 5.13. The summed E-state index contributed by atoms with van der Waals surface area (Å²) in [5.74, 6) is 0.718. The van der Waals surface area contributed by atoms with Crippen molar-refractivity contribution >= 4 is 11.3 Å². The zero-order valence-corrected chi connectivity index (χ0v) is 7.17. The molecule has 0 atom stereocenters. The Bertz CT molecular complexity index is 355. The van der Waals surface area contributed by atoms with Crippen LogP contribution in [-0.4, -0.2) is 17.3 Å². The van der Waals surface area contributed by atoms with E-state index in [1.54, 1.807) is 13.4 Å². The van der Waals surface area contributed by atoms with Crippen molar-refractivity contribution in [2.75, 3.05) is 7.11 Å². The number of rotatable bonds is 2. The molecule has 0 N–H and O–H groups in total. The van der Waals surface area contributed by atoms with E-state index in [9.17, 15) is 0 Å². The molecule has 2 aromatic rings. The molecule has 5 heteroatoms. The Balaban J connectivity index is 2.35. The van der Waals surface area contributed by atoms with Gasteiger partial charge in [-0.25, -0.2) is 0 Å². The lowest BCUT2D eigenvalue weighted by atomic mass is 10.5. The van der Waals surface area contributed by atoms with Crippen molar-refractivity contribution < 1.29 is 9.15 Å². The van der Waals surface area contributed by atoms with Gasteiger partial charge in [-0.1, -0.05) is 16.4 Å². The molecule has 0 aliphatic heterocycles. The Kier molecular flexibility index (Phi) is 1.79. The summed E-state index contributed by atoms with van der Waals surface area (Å²) in [7, 11) is 1.56. The second kappa shape index (κ2) is 2.94. The quantitative estimate of drug-likeness (QED) is 0.710. The fourth-order valence-corrected chi connectivity index (χ4v) is 1.42. The van der Waals surface area contributed by atoms with E-state index in [-0.39, 0.29) is 0 Å². The number of hydrogen-bond acceptors (Lipinski definition) is 5. The number of aromatic nitrogens is 2. The highest BCUT2D eigenvalue weighted by atomic mass is 32.1. The molecule has 0 radical (unpaired) electrons. The van der Waals surface area contributed by atoms with Crippen molar-refractivity contribution in [3.63, 3.8) is 0 Å². The minimum atomic E-state index is 0.543. The summed E-state index contributed by atoms with van der Waals surface area (Å²) in [6, 6.07) is 3.64. The first-order valence-corrected chi connectivity index (χ1v) is 4.13. The molecule has 0 saturated heterocycles. The first kappa shape index (κ1) is 7.30. The van der Waals surface area contributed by atoms with Gasteiger partial charge in [0, 0.05) is 0 Å². The van der Waals surface area contributed by atoms with Crippen LogP contribution in [0.2, 0.25) is 0 Å². The standard InChI is InChI=1S/C7H6N2O2S/c1-10-7-9-8-6(12-7)5-3-2-4-11-5/h2-4H,1H3. The number of methoxy groups -OCH3 is 1. The summed E-state index contributed by atoms with van der Waals surface area (Å²) < 4.78 is 10.0. The largest absolute Gasteiger partial charge is 0.472 e. The zero-order valence-electron chi connectivity index (χ0n) is 6.35. The summed E-state index contributed by atoms with van der Waals surface area (Å²) in [5, 5.41) is 8.93. The van der Waals surface area contributed by atoms with E-state index < -0.39 is 0 Å². The third-order valence-corrected chi connectivity index (χ3v) is 2.21. The molecule has 0 aliphatic carbocycles. The average molecular weight is 182 g/mol. The maximum absolute atomic E-state index is 5.13. The van der Waals surface area contributed by atoms with Gasteiger partial charge in [-0.05, 0) is 12.1 Å². The van der Waals surface area contributed by atoms with Crippen molar-refractivity contribution in [1.29, 1.82) is 0 Å². The Morgan fingerprint density at radius 1 is 1.50 bits per heavy atom. The topological polar surface area (TPSA) is 48.2 Å². The van der Waals surface area contributed by atoms with Crippen LogP contribution < -0.4 is 4.74 Å². The van der Waals surface area contributed by atoms with E-state index in [0.29, 0.717) is 5.19 Å². The van der Waals surface area contributed by atoms with Gasteiger partial charge in [-0.2, -0.15) is 0 Å². The van der Waals surface area contributed by atoms with E-state index in [1.165, 1.54) is 11.3 Å². The number of hydrogen-bond donors (Lipinski definition) is 0. The molecule has 2 aromatic heterocycles. The van der Waals surface area contributed by atoms with Crippen LogP contribution >= 0.6 is 11.3 Å². The summed E-state index contributed by atoms with van der Waals surface area (Å²) in [6.45, 7) is 0. The lowest BCUT2D eigenvalue weighted by molar-refractivity contribution is 0.407. The summed E-state index contributed by atoms with van der Waals surface area (Å²) in [6.07, 6.45) is 1.60. The predicted octanol–water partition coefficient (Wildman–Crippen LogP) is 1.81. The highest BCUT2D eigenvalue weighted by Crippen LogP contribution is 2.27. The molecule has 2 rings (SSSR count). The summed E-state index contributed by atoms with van der Waals surface area (Å²) >= 11 is 1.35. The van der Waals surface area contributed by atoms with Gasteiger partial charge in [0.1, 0.15) is 0 Å². The van der Waals surface area contributed by atoms with Gasteiger partial charge >= 0.3 is 0 Å². The molecular weight excluding hydrogens is 176 g/mol. The summed E-state index contributed by atoms with van der Waals surface area (Å²) in [5.41, 5.74) is 0. The van der Waals surface area contributed by atoms with E-state index >= 15 is 0 Å². The van der Waals surface area contributed by atoms with E-state index in [4.69, 9.17) is 9.15 Å². The van der Waals surface area contributed by atoms with Gasteiger partial charge < -0.3 is 9.15 Å². The van der Waals surface area contributed by atoms with Crippen molar-refractivity contribution in [1.82, 2.24) is 10.2 Å². The molecule has 0 aromatic carbocycles. The normalized spacial score (nSPS) is 10.1. The molecule has 4 nitrogen and oxygen atoms in total.